The van der Waals surface area contributed by atoms with Crippen LogP contribution in [0.5, 0.6) is 5.75 Å². The number of aromatic nitrogens is 4. The SMILES string of the molecule is CCOc1c(C(=O)Nc2c(F)cccc2F)cccc1-c1nc2ccccn2c1-c1ccnc(Cl)n1. The minimum absolute atomic E-state index is 0.0643. The third-order valence-corrected chi connectivity index (χ3v) is 5.59. The van der Waals surface area contributed by atoms with Crippen LogP contribution in [0.1, 0.15) is 17.3 Å². The zero-order valence-electron chi connectivity index (χ0n) is 18.9. The molecule has 0 bridgehead atoms. The first kappa shape index (κ1) is 23.4. The predicted octanol–water partition coefficient (Wildman–Crippen LogP) is 6.04. The van der Waals surface area contributed by atoms with Crippen molar-refractivity contribution in [2.45, 2.75) is 6.92 Å². The molecule has 1 amide bonds. The molecule has 0 radical (unpaired) electrons. The molecule has 3 heterocycles. The van der Waals surface area contributed by atoms with Crippen LogP contribution < -0.4 is 10.1 Å². The maximum atomic E-state index is 14.2. The van der Waals surface area contributed by atoms with Gasteiger partial charge in [-0.05, 0) is 61.0 Å². The van der Waals surface area contributed by atoms with Gasteiger partial charge in [0.2, 0.25) is 5.28 Å². The molecule has 0 aliphatic heterocycles. The number of nitrogens with zero attached hydrogens (tertiary/aromatic N) is 4. The summed E-state index contributed by atoms with van der Waals surface area (Å²) < 4.78 is 36.1. The standard InChI is InChI=1S/C26H18ClF2N5O2/c1-2-36-24-15(7-5-8-16(24)25(35)33-22-17(28)9-6-10-18(22)29)21-23(19-12-13-30-26(27)31-19)34-14-4-3-11-20(34)32-21/h3-14H,2H2,1H3,(H,33,35). The molecule has 0 aliphatic rings. The molecule has 0 atom stereocenters. The Morgan fingerprint density at radius 2 is 1.81 bits per heavy atom. The lowest BCUT2D eigenvalue weighted by molar-refractivity contribution is 0.102. The average molecular weight is 506 g/mol. The van der Waals surface area contributed by atoms with Crippen molar-refractivity contribution in [3.63, 3.8) is 0 Å². The maximum absolute atomic E-state index is 14.2. The van der Waals surface area contributed by atoms with E-state index in [1.165, 1.54) is 18.3 Å². The molecule has 10 heteroatoms. The Bertz CT molecular complexity index is 1580. The number of para-hydroxylation sites is 2. The van der Waals surface area contributed by atoms with Crippen LogP contribution in [0.15, 0.2) is 73.1 Å². The summed E-state index contributed by atoms with van der Waals surface area (Å²) in [7, 11) is 0. The molecule has 180 valence electrons. The molecule has 2 aromatic carbocycles. The topological polar surface area (TPSA) is 81.4 Å². The van der Waals surface area contributed by atoms with Crippen molar-refractivity contribution in [1.29, 1.82) is 0 Å². The van der Waals surface area contributed by atoms with Gasteiger partial charge in [0.25, 0.3) is 5.91 Å². The molecule has 0 unspecified atom stereocenters. The number of carbonyl (C=O) groups excluding carboxylic acids is 1. The van der Waals surface area contributed by atoms with Crippen molar-refractivity contribution in [1.82, 2.24) is 19.4 Å². The summed E-state index contributed by atoms with van der Waals surface area (Å²) >= 11 is 6.07. The van der Waals surface area contributed by atoms with Crippen molar-refractivity contribution in [3.8, 4) is 28.4 Å². The van der Waals surface area contributed by atoms with Gasteiger partial charge in [-0.1, -0.05) is 18.2 Å². The highest BCUT2D eigenvalue weighted by molar-refractivity contribution is 6.28. The van der Waals surface area contributed by atoms with E-state index in [1.807, 2.05) is 28.8 Å². The number of pyridine rings is 1. The van der Waals surface area contributed by atoms with E-state index in [2.05, 4.69) is 15.3 Å². The molecule has 36 heavy (non-hydrogen) atoms. The van der Waals surface area contributed by atoms with Gasteiger partial charge >= 0.3 is 0 Å². The Balaban J connectivity index is 1.70. The Morgan fingerprint density at radius 1 is 1.03 bits per heavy atom. The van der Waals surface area contributed by atoms with Crippen molar-refractivity contribution >= 4 is 28.8 Å². The quantitative estimate of drug-likeness (QED) is 0.284. The molecule has 0 saturated carbocycles. The van der Waals surface area contributed by atoms with Gasteiger partial charge in [-0.25, -0.2) is 23.7 Å². The second-order valence-corrected chi connectivity index (χ2v) is 7.95. The second kappa shape index (κ2) is 9.71. The number of nitrogens with one attached hydrogen (secondary N) is 1. The molecule has 0 saturated heterocycles. The van der Waals surface area contributed by atoms with Crippen molar-refractivity contribution in [2.24, 2.45) is 0 Å². The number of hydrogen-bond donors (Lipinski definition) is 1. The van der Waals surface area contributed by atoms with E-state index in [4.69, 9.17) is 21.3 Å². The van der Waals surface area contributed by atoms with Crippen LogP contribution in [0.4, 0.5) is 14.5 Å². The third-order valence-electron chi connectivity index (χ3n) is 5.40. The van der Waals surface area contributed by atoms with Crippen molar-refractivity contribution in [3.05, 3.63) is 95.5 Å². The van der Waals surface area contributed by atoms with Crippen molar-refractivity contribution in [2.75, 3.05) is 11.9 Å². The first-order valence-electron chi connectivity index (χ1n) is 11.0. The molecular weight excluding hydrogens is 488 g/mol. The molecule has 0 fully saturated rings. The Morgan fingerprint density at radius 3 is 2.56 bits per heavy atom. The average Bonchev–Trinajstić information content (AvgIpc) is 3.26. The molecule has 0 spiro atoms. The number of fused-ring (bicyclic) bond motifs is 1. The van der Waals surface area contributed by atoms with Gasteiger partial charge in [-0.3, -0.25) is 9.20 Å². The number of halogens is 3. The first-order chi connectivity index (χ1) is 17.5. The van der Waals surface area contributed by atoms with Crippen LogP contribution in [-0.2, 0) is 0 Å². The van der Waals surface area contributed by atoms with Gasteiger partial charge < -0.3 is 10.1 Å². The van der Waals surface area contributed by atoms with Gasteiger partial charge in [0.15, 0.2) is 0 Å². The number of hydrogen-bond acceptors (Lipinski definition) is 5. The largest absolute Gasteiger partial charge is 0.492 e. The molecule has 3 aromatic heterocycles. The monoisotopic (exact) mass is 505 g/mol. The fourth-order valence-corrected chi connectivity index (χ4v) is 4.04. The van der Waals surface area contributed by atoms with E-state index >= 15 is 0 Å². The number of amides is 1. The number of ether oxygens (including phenoxy) is 1. The van der Waals surface area contributed by atoms with Crippen LogP contribution in [-0.4, -0.2) is 31.9 Å². The van der Waals surface area contributed by atoms with Crippen LogP contribution in [0.25, 0.3) is 28.3 Å². The van der Waals surface area contributed by atoms with Gasteiger partial charge in [0.1, 0.15) is 34.4 Å². The number of carbonyl (C=O) groups is 1. The minimum Gasteiger partial charge on any atom is -0.492 e. The Kier molecular flexibility index (Phi) is 6.30. The van der Waals surface area contributed by atoms with Crippen LogP contribution in [0.3, 0.4) is 0 Å². The van der Waals surface area contributed by atoms with E-state index in [0.29, 0.717) is 28.3 Å². The molecule has 7 nitrogen and oxygen atoms in total. The van der Waals surface area contributed by atoms with E-state index in [9.17, 15) is 13.6 Å². The lowest BCUT2D eigenvalue weighted by Gasteiger charge is -2.15. The zero-order valence-corrected chi connectivity index (χ0v) is 19.6. The maximum Gasteiger partial charge on any atom is 0.259 e. The van der Waals surface area contributed by atoms with Gasteiger partial charge in [-0.15, -0.1) is 0 Å². The lowest BCUT2D eigenvalue weighted by atomic mass is 10.0. The summed E-state index contributed by atoms with van der Waals surface area (Å²) in [4.78, 5) is 26.3. The third kappa shape index (κ3) is 4.25. The molecule has 0 aliphatic carbocycles. The van der Waals surface area contributed by atoms with E-state index < -0.39 is 23.2 Å². The smallest absolute Gasteiger partial charge is 0.259 e. The number of benzene rings is 2. The highest BCUT2D eigenvalue weighted by Gasteiger charge is 2.25. The van der Waals surface area contributed by atoms with Gasteiger partial charge in [-0.2, -0.15) is 0 Å². The first-order valence-corrected chi connectivity index (χ1v) is 11.3. The normalized spacial score (nSPS) is 11.0. The molecule has 5 aromatic rings. The fourth-order valence-electron chi connectivity index (χ4n) is 3.90. The molecular formula is C26H18ClF2N5O2. The Hall–Kier alpha value is -4.37. The second-order valence-electron chi connectivity index (χ2n) is 7.61. The number of anilines is 1. The van der Waals surface area contributed by atoms with Crippen LogP contribution >= 0.6 is 11.6 Å². The van der Waals surface area contributed by atoms with Crippen LogP contribution in [0, 0.1) is 11.6 Å². The summed E-state index contributed by atoms with van der Waals surface area (Å²) in [6, 6.07) is 15.5. The lowest BCUT2D eigenvalue weighted by Crippen LogP contribution is -2.16. The summed E-state index contributed by atoms with van der Waals surface area (Å²) in [5.74, 6) is -2.31. The van der Waals surface area contributed by atoms with Gasteiger partial charge in [0.05, 0.1) is 23.6 Å². The van der Waals surface area contributed by atoms with E-state index in [0.717, 1.165) is 12.1 Å². The number of rotatable bonds is 6. The number of imidazole rings is 1. The minimum atomic E-state index is -0.888. The summed E-state index contributed by atoms with van der Waals surface area (Å²) in [6.07, 6.45) is 3.36. The molecule has 5 rings (SSSR count). The highest BCUT2D eigenvalue weighted by atomic mass is 35.5. The molecule has 1 N–H and O–H groups in total. The zero-order chi connectivity index (χ0) is 25.2. The predicted molar refractivity (Wildman–Crippen MR) is 132 cm³/mol. The Labute approximate surface area is 209 Å². The summed E-state index contributed by atoms with van der Waals surface area (Å²) in [5, 5.41) is 2.38. The fraction of sp³-hybridized carbons (Fsp3) is 0.0769. The van der Waals surface area contributed by atoms with Crippen molar-refractivity contribution < 1.29 is 18.3 Å². The van der Waals surface area contributed by atoms with E-state index in [-0.39, 0.29) is 23.2 Å². The van der Waals surface area contributed by atoms with Gasteiger partial charge in [0, 0.05) is 18.0 Å². The summed E-state index contributed by atoms with van der Waals surface area (Å²) in [6.45, 7) is 2.00. The summed E-state index contributed by atoms with van der Waals surface area (Å²) in [5.41, 5.74) is 2.25. The van der Waals surface area contributed by atoms with E-state index in [1.54, 1.807) is 25.1 Å². The van der Waals surface area contributed by atoms with Crippen LogP contribution in [0.2, 0.25) is 5.28 Å². The highest BCUT2D eigenvalue weighted by Crippen LogP contribution is 2.39.